The molecule has 0 fully saturated rings. The van der Waals surface area contributed by atoms with Gasteiger partial charge in [-0.1, -0.05) is 70.0 Å². The molecule has 11 heteroatoms. The molecule has 0 aromatic heterocycles. The van der Waals surface area contributed by atoms with E-state index in [0.717, 1.165) is 38.3 Å². The van der Waals surface area contributed by atoms with Crippen molar-refractivity contribution < 1.29 is 22.4 Å². The third-order valence-corrected chi connectivity index (χ3v) is 7.72. The third kappa shape index (κ3) is 8.02. The molecule has 0 saturated heterocycles. The van der Waals surface area contributed by atoms with Crippen LogP contribution in [0.2, 0.25) is 5.02 Å². The van der Waals surface area contributed by atoms with E-state index >= 15 is 0 Å². The molecule has 0 spiro atoms. The van der Waals surface area contributed by atoms with Crippen molar-refractivity contribution in [3.05, 3.63) is 99.2 Å². The van der Waals surface area contributed by atoms with Crippen molar-refractivity contribution in [3.8, 4) is 0 Å². The van der Waals surface area contributed by atoms with Crippen molar-refractivity contribution in [2.45, 2.75) is 25.9 Å². The monoisotopic (exact) mass is 623 g/mol. The molecule has 202 valence electrons. The van der Waals surface area contributed by atoms with Crippen LogP contribution in [0.5, 0.6) is 0 Å². The maximum absolute atomic E-state index is 13.9. The van der Waals surface area contributed by atoms with Crippen LogP contribution in [0, 0.1) is 5.82 Å². The molecule has 0 aliphatic heterocycles. The van der Waals surface area contributed by atoms with Gasteiger partial charge in [0.2, 0.25) is 21.8 Å². The lowest BCUT2D eigenvalue weighted by atomic mass is 10.0. The average molecular weight is 625 g/mol. The molecule has 0 aliphatic carbocycles. The first kappa shape index (κ1) is 29.6. The number of sulfonamides is 1. The van der Waals surface area contributed by atoms with Gasteiger partial charge >= 0.3 is 0 Å². The molecule has 38 heavy (non-hydrogen) atoms. The fourth-order valence-corrected chi connectivity index (χ4v) is 5.17. The summed E-state index contributed by atoms with van der Waals surface area (Å²) in [6.45, 7) is 1.58. The molecule has 1 N–H and O–H groups in total. The normalized spacial score (nSPS) is 12.0. The molecule has 3 rings (SSSR count). The third-order valence-electron chi connectivity index (χ3n) is 5.76. The summed E-state index contributed by atoms with van der Waals surface area (Å²) >= 11 is 9.29. The highest BCUT2D eigenvalue weighted by atomic mass is 79.9. The minimum Gasteiger partial charge on any atom is -0.355 e. The predicted molar refractivity (Wildman–Crippen MR) is 151 cm³/mol. The van der Waals surface area contributed by atoms with Crippen LogP contribution in [0.25, 0.3) is 0 Å². The second-order valence-electron chi connectivity index (χ2n) is 8.62. The molecule has 0 bridgehead atoms. The van der Waals surface area contributed by atoms with E-state index in [4.69, 9.17) is 11.6 Å². The largest absolute Gasteiger partial charge is 0.355 e. The molecule has 0 radical (unpaired) electrons. The summed E-state index contributed by atoms with van der Waals surface area (Å²) in [5.41, 5.74) is 1.62. The number of hydrogen-bond acceptors (Lipinski definition) is 4. The van der Waals surface area contributed by atoms with E-state index in [1.54, 1.807) is 6.92 Å². The lowest BCUT2D eigenvalue weighted by Gasteiger charge is -2.33. The van der Waals surface area contributed by atoms with Gasteiger partial charge in [0.25, 0.3) is 0 Å². The Balaban J connectivity index is 2.04. The van der Waals surface area contributed by atoms with Crippen molar-refractivity contribution in [3.63, 3.8) is 0 Å². The van der Waals surface area contributed by atoms with Gasteiger partial charge in [-0.05, 0) is 48.4 Å². The van der Waals surface area contributed by atoms with E-state index in [-0.39, 0.29) is 29.6 Å². The number of carbonyl (C=O) groups excluding carboxylic acids is 2. The van der Waals surface area contributed by atoms with Crippen molar-refractivity contribution in [2.75, 3.05) is 23.7 Å². The van der Waals surface area contributed by atoms with Gasteiger partial charge in [0.15, 0.2) is 0 Å². The summed E-state index contributed by atoms with van der Waals surface area (Å²) in [6.07, 6.45) is 1.16. The van der Waals surface area contributed by atoms with Crippen LogP contribution in [0.4, 0.5) is 10.1 Å². The first-order chi connectivity index (χ1) is 18.0. The number of benzene rings is 3. The zero-order valence-electron chi connectivity index (χ0n) is 20.9. The Morgan fingerprint density at radius 1 is 1.03 bits per heavy atom. The maximum Gasteiger partial charge on any atom is 0.244 e. The van der Waals surface area contributed by atoms with Crippen LogP contribution in [-0.4, -0.2) is 50.5 Å². The van der Waals surface area contributed by atoms with Crippen molar-refractivity contribution in [1.82, 2.24) is 10.2 Å². The Morgan fingerprint density at radius 2 is 1.68 bits per heavy atom. The Hall–Kier alpha value is -2.95. The Labute approximate surface area is 235 Å². The molecular weight excluding hydrogens is 597 g/mol. The number of halogens is 3. The van der Waals surface area contributed by atoms with Gasteiger partial charge in [0, 0.05) is 24.0 Å². The second kappa shape index (κ2) is 13.2. The van der Waals surface area contributed by atoms with Crippen LogP contribution >= 0.6 is 27.5 Å². The summed E-state index contributed by atoms with van der Waals surface area (Å²) in [5, 5.41) is 2.52. The summed E-state index contributed by atoms with van der Waals surface area (Å²) in [4.78, 5) is 28.5. The van der Waals surface area contributed by atoms with E-state index in [0.29, 0.717) is 6.54 Å². The van der Waals surface area contributed by atoms with E-state index in [2.05, 4.69) is 21.2 Å². The van der Waals surface area contributed by atoms with Gasteiger partial charge in [-0.25, -0.2) is 12.8 Å². The average Bonchev–Trinajstić information content (AvgIpc) is 2.87. The lowest BCUT2D eigenvalue weighted by molar-refractivity contribution is -0.140. The molecule has 0 aliphatic rings. The number of nitrogens with zero attached hydrogens (tertiary/aromatic N) is 2. The number of likely N-dealkylation sites (N-methyl/N-ethyl adjacent to an activating group) is 1. The Morgan fingerprint density at radius 3 is 2.26 bits per heavy atom. The van der Waals surface area contributed by atoms with Gasteiger partial charge < -0.3 is 10.2 Å². The molecule has 3 aromatic rings. The number of anilines is 1. The molecule has 0 saturated carbocycles. The zero-order valence-corrected chi connectivity index (χ0v) is 24.1. The molecule has 1 atom stereocenters. The minimum absolute atomic E-state index is 0.0356. The fourth-order valence-electron chi connectivity index (χ4n) is 3.89. The fraction of sp³-hybridized carbons (Fsp3) is 0.259. The Kier molecular flexibility index (Phi) is 10.3. The van der Waals surface area contributed by atoms with Gasteiger partial charge in [-0.2, -0.15) is 0 Å². The van der Waals surface area contributed by atoms with Gasteiger partial charge in [-0.15, -0.1) is 0 Å². The quantitative estimate of drug-likeness (QED) is 0.333. The van der Waals surface area contributed by atoms with Crippen LogP contribution in [0.1, 0.15) is 18.1 Å². The van der Waals surface area contributed by atoms with Gasteiger partial charge in [-0.3, -0.25) is 13.9 Å². The van der Waals surface area contributed by atoms with Gasteiger partial charge in [0.05, 0.1) is 17.0 Å². The van der Waals surface area contributed by atoms with Crippen LogP contribution in [0.3, 0.4) is 0 Å². The zero-order chi connectivity index (χ0) is 27.9. The number of nitrogens with one attached hydrogen (secondary N) is 1. The minimum atomic E-state index is -3.97. The summed E-state index contributed by atoms with van der Waals surface area (Å²) in [7, 11) is -3.97. The lowest BCUT2D eigenvalue weighted by Crippen LogP contribution is -2.53. The van der Waals surface area contributed by atoms with E-state index < -0.39 is 34.3 Å². The Bertz CT molecular complexity index is 1370. The van der Waals surface area contributed by atoms with Crippen LogP contribution in [0.15, 0.2) is 77.3 Å². The number of carbonyl (C=O) groups is 2. The highest BCUT2D eigenvalue weighted by Gasteiger charge is 2.33. The van der Waals surface area contributed by atoms with Crippen LogP contribution in [-0.2, 0) is 32.6 Å². The standard InChI is InChI=1S/C27H28BrClFN3O4S/c1-3-31-27(35)25(15-19-7-5-4-6-8-19)32(17-20-9-11-21(28)12-10-20)26(34)18-33(38(2,36)37)22-13-14-24(30)23(29)16-22/h4-14,16,25H,3,15,17-18H2,1-2H3,(H,31,35)/t25-/m1/s1. The molecule has 2 amide bonds. The topological polar surface area (TPSA) is 86.8 Å². The first-order valence-corrected chi connectivity index (χ1v) is 14.8. The van der Waals surface area contributed by atoms with E-state index in [1.807, 2.05) is 54.6 Å². The highest BCUT2D eigenvalue weighted by Crippen LogP contribution is 2.25. The number of hydrogen-bond donors (Lipinski definition) is 1. The van der Waals surface area contributed by atoms with Crippen LogP contribution < -0.4 is 9.62 Å². The number of amides is 2. The van der Waals surface area contributed by atoms with E-state index in [9.17, 15) is 22.4 Å². The number of rotatable bonds is 11. The van der Waals surface area contributed by atoms with Crippen molar-refractivity contribution in [2.24, 2.45) is 0 Å². The molecule has 0 unspecified atom stereocenters. The maximum atomic E-state index is 13.9. The molecule has 0 heterocycles. The highest BCUT2D eigenvalue weighted by molar-refractivity contribution is 9.10. The first-order valence-electron chi connectivity index (χ1n) is 11.8. The van der Waals surface area contributed by atoms with Crippen molar-refractivity contribution in [1.29, 1.82) is 0 Å². The summed E-state index contributed by atoms with van der Waals surface area (Å²) in [6, 6.07) is 19.0. The smallest absolute Gasteiger partial charge is 0.244 e. The molecular formula is C27H28BrClFN3O4S. The molecule has 3 aromatic carbocycles. The molecule has 7 nitrogen and oxygen atoms in total. The summed E-state index contributed by atoms with van der Waals surface area (Å²) in [5.74, 6) is -1.69. The van der Waals surface area contributed by atoms with Gasteiger partial charge in [0.1, 0.15) is 18.4 Å². The second-order valence-corrected chi connectivity index (χ2v) is 11.8. The van der Waals surface area contributed by atoms with Crippen molar-refractivity contribution >= 4 is 55.1 Å². The SMILES string of the molecule is CCNC(=O)[C@@H](Cc1ccccc1)N(Cc1ccc(Br)cc1)C(=O)CN(c1ccc(F)c(Cl)c1)S(C)(=O)=O. The summed E-state index contributed by atoms with van der Waals surface area (Å²) < 4.78 is 40.9. The van der Waals surface area contributed by atoms with E-state index in [1.165, 1.54) is 11.0 Å². The predicted octanol–water partition coefficient (Wildman–Crippen LogP) is 4.78.